The van der Waals surface area contributed by atoms with Crippen molar-refractivity contribution in [1.29, 1.82) is 0 Å². The fourth-order valence-electron chi connectivity index (χ4n) is 3.32. The number of furan rings is 1. The smallest absolute Gasteiger partial charge is 0.420 e. The molecule has 29 heavy (non-hydrogen) atoms. The molecule has 0 radical (unpaired) electrons. The number of pyridine rings is 1. The number of amides is 1. The van der Waals surface area contributed by atoms with Gasteiger partial charge in [0, 0.05) is 31.5 Å². The molecule has 1 amide bonds. The van der Waals surface area contributed by atoms with Crippen LogP contribution in [0.3, 0.4) is 0 Å². The predicted octanol–water partition coefficient (Wildman–Crippen LogP) is 4.42. The van der Waals surface area contributed by atoms with E-state index in [-0.39, 0.29) is 28.1 Å². The predicted molar refractivity (Wildman–Crippen MR) is 98.8 cm³/mol. The summed E-state index contributed by atoms with van der Waals surface area (Å²) in [5.41, 5.74) is -1.52. The molecule has 3 aromatic heterocycles. The summed E-state index contributed by atoms with van der Waals surface area (Å²) in [6.07, 6.45) is -0.340. The highest BCUT2D eigenvalue weighted by Crippen LogP contribution is 2.37. The van der Waals surface area contributed by atoms with Gasteiger partial charge in [-0.2, -0.15) is 13.2 Å². The van der Waals surface area contributed by atoms with E-state index in [4.69, 9.17) is 20.8 Å². The molecule has 1 aliphatic heterocycles. The maximum absolute atomic E-state index is 13.6. The van der Waals surface area contributed by atoms with Crippen molar-refractivity contribution in [2.45, 2.75) is 19.0 Å². The van der Waals surface area contributed by atoms with E-state index in [1.165, 1.54) is 18.5 Å². The molecule has 1 aliphatic rings. The highest BCUT2D eigenvalue weighted by atomic mass is 35.5. The van der Waals surface area contributed by atoms with Gasteiger partial charge in [0.05, 0.1) is 11.8 Å². The van der Waals surface area contributed by atoms with Crippen LogP contribution in [0.4, 0.5) is 13.2 Å². The Morgan fingerprint density at radius 2 is 2.10 bits per heavy atom. The number of halogens is 4. The SMILES string of the molecule is O=C(NCC1CCOCC1)c1nc2c(C(F)(F)F)cc(-c3ccco3)cn2c1Cl. The molecule has 4 heterocycles. The van der Waals surface area contributed by atoms with Crippen molar-refractivity contribution in [3.8, 4) is 11.3 Å². The highest BCUT2D eigenvalue weighted by molar-refractivity contribution is 6.33. The number of ether oxygens (including phenoxy) is 1. The Bertz CT molecular complexity index is 1020. The fraction of sp³-hybridized carbons (Fsp3) is 0.368. The van der Waals surface area contributed by atoms with E-state index in [2.05, 4.69) is 10.3 Å². The number of carbonyl (C=O) groups excluding carboxylic acids is 1. The average Bonchev–Trinajstić information content (AvgIpc) is 3.34. The Labute approximate surface area is 168 Å². The van der Waals surface area contributed by atoms with E-state index < -0.39 is 23.3 Å². The van der Waals surface area contributed by atoms with Gasteiger partial charge in [-0.3, -0.25) is 9.20 Å². The van der Waals surface area contributed by atoms with Crippen molar-refractivity contribution in [2.75, 3.05) is 19.8 Å². The Hall–Kier alpha value is -2.52. The third-order valence-electron chi connectivity index (χ3n) is 4.88. The molecule has 1 saturated heterocycles. The molecular weight excluding hydrogens is 411 g/mol. The van der Waals surface area contributed by atoms with Crippen molar-refractivity contribution < 1.29 is 27.1 Å². The quantitative estimate of drug-likeness (QED) is 0.669. The topological polar surface area (TPSA) is 68.8 Å². The van der Waals surface area contributed by atoms with Crippen LogP contribution in [0.1, 0.15) is 28.9 Å². The lowest BCUT2D eigenvalue weighted by Gasteiger charge is -2.21. The molecule has 1 fully saturated rings. The summed E-state index contributed by atoms with van der Waals surface area (Å²) in [5.74, 6) is -0.120. The minimum atomic E-state index is -4.69. The van der Waals surface area contributed by atoms with E-state index in [1.807, 2.05) is 0 Å². The van der Waals surface area contributed by atoms with Crippen molar-refractivity contribution in [3.05, 3.63) is 47.1 Å². The number of nitrogens with zero attached hydrogens (tertiary/aromatic N) is 2. The lowest BCUT2D eigenvalue weighted by molar-refractivity contribution is -0.136. The number of aromatic nitrogens is 2. The van der Waals surface area contributed by atoms with Gasteiger partial charge in [-0.1, -0.05) is 11.6 Å². The van der Waals surface area contributed by atoms with E-state index in [1.54, 1.807) is 6.07 Å². The second kappa shape index (κ2) is 7.72. The van der Waals surface area contributed by atoms with Crippen LogP contribution in [0.25, 0.3) is 17.0 Å². The van der Waals surface area contributed by atoms with Gasteiger partial charge in [0.2, 0.25) is 0 Å². The average molecular weight is 428 g/mol. The van der Waals surface area contributed by atoms with Crippen molar-refractivity contribution in [1.82, 2.24) is 14.7 Å². The lowest BCUT2D eigenvalue weighted by atomic mass is 10.0. The van der Waals surface area contributed by atoms with Gasteiger partial charge in [0.25, 0.3) is 5.91 Å². The zero-order valence-corrected chi connectivity index (χ0v) is 15.9. The van der Waals surface area contributed by atoms with Crippen LogP contribution in [0.2, 0.25) is 5.15 Å². The first kappa shape index (κ1) is 19.8. The van der Waals surface area contributed by atoms with Crippen LogP contribution in [-0.2, 0) is 10.9 Å². The van der Waals surface area contributed by atoms with Crippen LogP contribution >= 0.6 is 11.6 Å². The molecule has 0 aliphatic carbocycles. The van der Waals surface area contributed by atoms with E-state index in [9.17, 15) is 18.0 Å². The number of imidazole rings is 1. The molecule has 3 aromatic rings. The number of fused-ring (bicyclic) bond motifs is 1. The molecule has 4 rings (SSSR count). The van der Waals surface area contributed by atoms with E-state index >= 15 is 0 Å². The van der Waals surface area contributed by atoms with Crippen molar-refractivity contribution in [2.24, 2.45) is 5.92 Å². The molecule has 0 spiro atoms. The van der Waals surface area contributed by atoms with Gasteiger partial charge < -0.3 is 14.5 Å². The minimum absolute atomic E-state index is 0.170. The number of carbonyl (C=O) groups is 1. The normalized spacial score (nSPS) is 15.7. The molecule has 154 valence electrons. The molecule has 0 saturated carbocycles. The molecule has 0 atom stereocenters. The summed E-state index contributed by atoms with van der Waals surface area (Å²) >= 11 is 6.25. The first-order valence-electron chi connectivity index (χ1n) is 9.03. The van der Waals surface area contributed by atoms with Gasteiger partial charge in [0.15, 0.2) is 11.3 Å². The van der Waals surface area contributed by atoms with Crippen LogP contribution in [0.15, 0.2) is 35.1 Å². The molecule has 1 N–H and O–H groups in total. The van der Waals surface area contributed by atoms with Crippen LogP contribution < -0.4 is 5.32 Å². The van der Waals surface area contributed by atoms with Crippen LogP contribution in [0, 0.1) is 5.92 Å². The molecule has 0 unspecified atom stereocenters. The Morgan fingerprint density at radius 3 is 2.76 bits per heavy atom. The maximum atomic E-state index is 13.6. The van der Waals surface area contributed by atoms with Crippen LogP contribution in [0.5, 0.6) is 0 Å². The van der Waals surface area contributed by atoms with Gasteiger partial charge in [-0.15, -0.1) is 0 Å². The molecule has 6 nitrogen and oxygen atoms in total. The number of rotatable bonds is 4. The van der Waals surface area contributed by atoms with Gasteiger partial charge in [-0.25, -0.2) is 4.98 Å². The van der Waals surface area contributed by atoms with Gasteiger partial charge in [0.1, 0.15) is 10.9 Å². The second-order valence-electron chi connectivity index (χ2n) is 6.83. The monoisotopic (exact) mass is 427 g/mol. The number of nitrogens with one attached hydrogen (secondary N) is 1. The zero-order chi connectivity index (χ0) is 20.6. The molecule has 0 bridgehead atoms. The first-order valence-corrected chi connectivity index (χ1v) is 9.41. The molecular formula is C19H17ClF3N3O3. The minimum Gasteiger partial charge on any atom is -0.464 e. The Balaban J connectivity index is 1.70. The maximum Gasteiger partial charge on any atom is 0.420 e. The van der Waals surface area contributed by atoms with Crippen LogP contribution in [-0.4, -0.2) is 35.1 Å². The summed E-state index contributed by atoms with van der Waals surface area (Å²) in [5, 5.41) is 2.52. The number of hydrogen-bond donors (Lipinski definition) is 1. The standard InChI is InChI=1S/C19H17ClF3N3O3/c20-16-15(18(27)24-9-11-3-6-28-7-4-11)25-17-13(19(21,22)23)8-12(10-26(16)17)14-2-1-5-29-14/h1-2,5,8,10-11H,3-4,6-7,9H2,(H,24,27). The Kier molecular flexibility index (Phi) is 5.26. The van der Waals surface area contributed by atoms with Crippen molar-refractivity contribution >= 4 is 23.2 Å². The second-order valence-corrected chi connectivity index (χ2v) is 7.19. The third kappa shape index (κ3) is 3.97. The summed E-state index contributed by atoms with van der Waals surface area (Å²) in [6.45, 7) is 1.64. The summed E-state index contributed by atoms with van der Waals surface area (Å²) < 4.78 is 52.4. The fourth-order valence-corrected chi connectivity index (χ4v) is 3.58. The first-order chi connectivity index (χ1) is 13.8. The largest absolute Gasteiger partial charge is 0.464 e. The molecule has 10 heteroatoms. The number of alkyl halides is 3. The number of hydrogen-bond acceptors (Lipinski definition) is 4. The third-order valence-corrected chi connectivity index (χ3v) is 5.24. The summed E-state index contributed by atoms with van der Waals surface area (Å²) in [7, 11) is 0. The van der Waals surface area contributed by atoms with Gasteiger partial charge in [-0.05, 0) is 37.0 Å². The highest BCUT2D eigenvalue weighted by Gasteiger charge is 2.36. The van der Waals surface area contributed by atoms with E-state index in [0.717, 1.165) is 23.3 Å². The van der Waals surface area contributed by atoms with Crippen molar-refractivity contribution in [3.63, 3.8) is 0 Å². The lowest BCUT2D eigenvalue weighted by Crippen LogP contribution is -2.32. The van der Waals surface area contributed by atoms with Gasteiger partial charge >= 0.3 is 6.18 Å². The summed E-state index contributed by atoms with van der Waals surface area (Å²) in [6, 6.07) is 4.03. The van der Waals surface area contributed by atoms with E-state index in [0.29, 0.717) is 19.8 Å². The Morgan fingerprint density at radius 1 is 1.34 bits per heavy atom. The zero-order valence-electron chi connectivity index (χ0n) is 15.1. The molecule has 0 aromatic carbocycles. The summed E-state index contributed by atoms with van der Waals surface area (Å²) in [4.78, 5) is 16.5.